The molecular formula is C15H14N4OS2. The number of carbonyl (C=O) groups excluding carboxylic acids is 1. The van der Waals surface area contributed by atoms with E-state index in [1.807, 2.05) is 46.3 Å². The van der Waals surface area contributed by atoms with E-state index in [0.29, 0.717) is 5.69 Å². The van der Waals surface area contributed by atoms with Crippen LogP contribution in [0.3, 0.4) is 0 Å². The summed E-state index contributed by atoms with van der Waals surface area (Å²) < 4.78 is 0. The van der Waals surface area contributed by atoms with Gasteiger partial charge in [0.15, 0.2) is 5.69 Å². The van der Waals surface area contributed by atoms with Crippen LogP contribution in [0, 0.1) is 0 Å². The number of benzene rings is 1. The van der Waals surface area contributed by atoms with Gasteiger partial charge in [-0.15, -0.1) is 11.3 Å². The van der Waals surface area contributed by atoms with Crippen molar-refractivity contribution in [2.45, 2.75) is 6.04 Å². The van der Waals surface area contributed by atoms with Crippen molar-refractivity contribution in [2.75, 3.05) is 18.1 Å². The Kier molecular flexibility index (Phi) is 3.59. The molecule has 2 aromatic heterocycles. The molecule has 1 amide bonds. The highest BCUT2D eigenvalue weighted by Crippen LogP contribution is 2.32. The molecule has 1 aliphatic heterocycles. The van der Waals surface area contributed by atoms with E-state index in [9.17, 15) is 4.79 Å². The minimum absolute atomic E-state index is 0.0158. The molecule has 7 heteroatoms. The number of thiazole rings is 1. The van der Waals surface area contributed by atoms with Gasteiger partial charge in [-0.25, -0.2) is 4.98 Å². The molecule has 1 aromatic carbocycles. The highest BCUT2D eigenvalue weighted by Gasteiger charge is 2.32. The third-order valence-electron chi connectivity index (χ3n) is 3.80. The van der Waals surface area contributed by atoms with Crippen molar-refractivity contribution >= 4 is 39.9 Å². The summed E-state index contributed by atoms with van der Waals surface area (Å²) in [6.45, 7) is 0.731. The zero-order valence-electron chi connectivity index (χ0n) is 11.7. The first-order chi connectivity index (χ1) is 10.8. The van der Waals surface area contributed by atoms with Crippen LogP contribution in [0.1, 0.15) is 21.5 Å². The number of rotatable bonds is 2. The van der Waals surface area contributed by atoms with Gasteiger partial charge in [0.25, 0.3) is 5.91 Å². The Morgan fingerprint density at radius 2 is 2.27 bits per heavy atom. The Morgan fingerprint density at radius 1 is 1.36 bits per heavy atom. The summed E-state index contributed by atoms with van der Waals surface area (Å²) in [7, 11) is 0. The van der Waals surface area contributed by atoms with Crippen LogP contribution in [0.2, 0.25) is 0 Å². The van der Waals surface area contributed by atoms with Gasteiger partial charge in [-0.2, -0.15) is 16.9 Å². The number of hydrogen-bond donors (Lipinski definition) is 1. The molecule has 1 unspecified atom stereocenters. The van der Waals surface area contributed by atoms with Gasteiger partial charge in [-0.1, -0.05) is 18.2 Å². The number of thioether (sulfide) groups is 1. The second-order valence-corrected chi connectivity index (χ2v) is 7.15. The lowest BCUT2D eigenvalue weighted by atomic mass is 10.1. The Bertz CT molecular complexity index is 799. The van der Waals surface area contributed by atoms with Crippen LogP contribution in [-0.4, -0.2) is 44.0 Å². The van der Waals surface area contributed by atoms with Crippen molar-refractivity contribution in [1.29, 1.82) is 0 Å². The first kappa shape index (κ1) is 13.8. The average molecular weight is 330 g/mol. The molecule has 0 aliphatic carbocycles. The zero-order valence-corrected chi connectivity index (χ0v) is 13.4. The first-order valence-corrected chi connectivity index (χ1v) is 9.09. The van der Waals surface area contributed by atoms with Crippen molar-refractivity contribution < 1.29 is 4.79 Å². The van der Waals surface area contributed by atoms with E-state index < -0.39 is 0 Å². The Hall–Kier alpha value is -1.86. The van der Waals surface area contributed by atoms with Gasteiger partial charge in [-0.3, -0.25) is 9.89 Å². The van der Waals surface area contributed by atoms with Crippen LogP contribution in [0.5, 0.6) is 0 Å². The first-order valence-electron chi connectivity index (χ1n) is 7.06. The van der Waals surface area contributed by atoms with Gasteiger partial charge in [-0.05, 0) is 6.07 Å². The second-order valence-electron chi connectivity index (χ2n) is 5.08. The predicted octanol–water partition coefficient (Wildman–Crippen LogP) is 2.95. The molecule has 112 valence electrons. The van der Waals surface area contributed by atoms with E-state index in [1.54, 1.807) is 17.5 Å². The van der Waals surface area contributed by atoms with Crippen LogP contribution in [-0.2, 0) is 0 Å². The number of hydrogen-bond acceptors (Lipinski definition) is 5. The second kappa shape index (κ2) is 5.73. The lowest BCUT2D eigenvalue weighted by molar-refractivity contribution is 0.0697. The monoisotopic (exact) mass is 330 g/mol. The largest absolute Gasteiger partial charge is 0.326 e. The Labute approximate surface area is 135 Å². The van der Waals surface area contributed by atoms with Crippen LogP contribution in [0.4, 0.5) is 0 Å². The van der Waals surface area contributed by atoms with Crippen molar-refractivity contribution in [3.63, 3.8) is 0 Å². The van der Waals surface area contributed by atoms with E-state index in [1.165, 1.54) is 0 Å². The number of carbonyl (C=O) groups is 1. The molecular weight excluding hydrogens is 316 g/mol. The molecule has 0 bridgehead atoms. The quantitative estimate of drug-likeness (QED) is 0.785. The lowest BCUT2D eigenvalue weighted by Crippen LogP contribution is -2.41. The molecule has 5 nitrogen and oxygen atoms in total. The van der Waals surface area contributed by atoms with E-state index in [2.05, 4.69) is 15.2 Å². The van der Waals surface area contributed by atoms with Crippen molar-refractivity contribution in [1.82, 2.24) is 20.1 Å². The lowest BCUT2D eigenvalue weighted by Gasteiger charge is -2.33. The van der Waals surface area contributed by atoms with Crippen molar-refractivity contribution in [3.8, 4) is 0 Å². The van der Waals surface area contributed by atoms with Gasteiger partial charge in [0.1, 0.15) is 5.01 Å². The number of nitrogens with zero attached hydrogens (tertiary/aromatic N) is 3. The molecule has 1 aliphatic rings. The third-order valence-corrected chi connectivity index (χ3v) is 5.70. The maximum atomic E-state index is 13.0. The van der Waals surface area contributed by atoms with Crippen LogP contribution >= 0.6 is 23.1 Å². The van der Waals surface area contributed by atoms with E-state index in [0.717, 1.165) is 34.0 Å². The summed E-state index contributed by atoms with van der Waals surface area (Å²) >= 11 is 3.47. The summed E-state index contributed by atoms with van der Waals surface area (Å²) in [6.07, 6.45) is 1.80. The van der Waals surface area contributed by atoms with E-state index >= 15 is 0 Å². The van der Waals surface area contributed by atoms with E-state index in [-0.39, 0.29) is 11.9 Å². The fourth-order valence-corrected chi connectivity index (χ4v) is 4.62. The van der Waals surface area contributed by atoms with Gasteiger partial charge < -0.3 is 4.90 Å². The Morgan fingerprint density at radius 3 is 3.14 bits per heavy atom. The molecule has 1 fully saturated rings. The highest BCUT2D eigenvalue weighted by atomic mass is 32.2. The number of fused-ring (bicyclic) bond motifs is 1. The van der Waals surface area contributed by atoms with E-state index in [4.69, 9.17) is 0 Å². The maximum absolute atomic E-state index is 13.0. The fourth-order valence-electron chi connectivity index (χ4n) is 2.71. The molecule has 3 heterocycles. The molecule has 3 aromatic rings. The normalized spacial score (nSPS) is 18.7. The summed E-state index contributed by atoms with van der Waals surface area (Å²) in [4.78, 5) is 19.3. The number of nitrogens with one attached hydrogen (secondary N) is 1. The SMILES string of the molecule is O=C(c1n[nH]c2ccccc12)N1CCSCC1c1nccs1. The minimum Gasteiger partial charge on any atom is -0.326 e. The van der Waals surface area contributed by atoms with Gasteiger partial charge in [0.05, 0.1) is 11.6 Å². The number of aromatic amines is 1. The highest BCUT2D eigenvalue weighted by molar-refractivity contribution is 7.99. The molecule has 0 saturated carbocycles. The summed E-state index contributed by atoms with van der Waals surface area (Å²) in [5.41, 5.74) is 1.40. The average Bonchev–Trinajstić information content (AvgIpc) is 3.24. The molecule has 4 rings (SSSR count). The molecule has 1 N–H and O–H groups in total. The van der Waals surface area contributed by atoms with Gasteiger partial charge in [0, 0.05) is 35.0 Å². The van der Waals surface area contributed by atoms with Crippen LogP contribution < -0.4 is 0 Å². The minimum atomic E-state index is -0.0158. The summed E-state index contributed by atoms with van der Waals surface area (Å²) in [5, 5.41) is 11.0. The molecule has 0 spiro atoms. The van der Waals surface area contributed by atoms with Crippen LogP contribution in [0.15, 0.2) is 35.8 Å². The molecule has 1 saturated heterocycles. The number of aromatic nitrogens is 3. The fraction of sp³-hybridized carbons (Fsp3) is 0.267. The summed E-state index contributed by atoms with van der Waals surface area (Å²) in [6, 6.07) is 7.78. The van der Waals surface area contributed by atoms with Crippen molar-refractivity contribution in [2.24, 2.45) is 0 Å². The number of H-pyrrole nitrogens is 1. The number of para-hydroxylation sites is 1. The molecule has 22 heavy (non-hydrogen) atoms. The zero-order chi connectivity index (χ0) is 14.9. The van der Waals surface area contributed by atoms with Crippen LogP contribution in [0.25, 0.3) is 10.9 Å². The predicted molar refractivity (Wildman–Crippen MR) is 89.3 cm³/mol. The summed E-state index contributed by atoms with van der Waals surface area (Å²) in [5.74, 6) is 1.83. The Balaban J connectivity index is 1.71. The molecule has 0 radical (unpaired) electrons. The molecule has 1 atom stereocenters. The topological polar surface area (TPSA) is 61.9 Å². The third kappa shape index (κ3) is 2.30. The standard InChI is InChI=1S/C15H14N4OS2/c20-15(13-10-3-1-2-4-11(10)17-18-13)19-6-8-21-9-12(19)14-16-5-7-22-14/h1-5,7,12H,6,8-9H2,(H,17,18). The van der Waals surface area contributed by atoms with Crippen molar-refractivity contribution in [3.05, 3.63) is 46.5 Å². The number of amides is 1. The maximum Gasteiger partial charge on any atom is 0.275 e. The smallest absolute Gasteiger partial charge is 0.275 e. The van der Waals surface area contributed by atoms with Gasteiger partial charge in [0.2, 0.25) is 0 Å². The van der Waals surface area contributed by atoms with Gasteiger partial charge >= 0.3 is 0 Å².